The molecule has 0 bridgehead atoms. The van der Waals surface area contributed by atoms with Gasteiger partial charge in [-0.2, -0.15) is 24.5 Å². The molecule has 4 aliphatic rings. The molecule has 2 saturated heterocycles. The molecule has 0 radical (unpaired) electrons. The largest absolute Gasteiger partial charge is 0.416 e. The molecule has 2 aromatic rings. The summed E-state index contributed by atoms with van der Waals surface area (Å²) in [5, 5.41) is 4.47. The van der Waals surface area contributed by atoms with Crippen LogP contribution >= 0.6 is 11.3 Å². The average molecular weight is 489 g/mol. The van der Waals surface area contributed by atoms with E-state index in [1.807, 2.05) is 4.90 Å². The lowest BCUT2D eigenvalue weighted by atomic mass is 9.82. The van der Waals surface area contributed by atoms with Crippen LogP contribution in [0.5, 0.6) is 0 Å². The third kappa shape index (κ3) is 4.19. The molecule has 3 nitrogen and oxygen atoms in total. The molecule has 1 aromatic carbocycles. The first-order valence-electron chi connectivity index (χ1n) is 12.6. The van der Waals surface area contributed by atoms with Crippen molar-refractivity contribution in [3.05, 3.63) is 57.8 Å². The van der Waals surface area contributed by atoms with E-state index in [4.69, 9.17) is 0 Å². The number of piperidine rings is 1. The number of thiophene rings is 1. The number of hydrogen-bond acceptors (Lipinski definition) is 3. The van der Waals surface area contributed by atoms with Crippen molar-refractivity contribution in [1.82, 2.24) is 9.80 Å². The number of hydrogen-bond donors (Lipinski definition) is 0. The maximum atomic E-state index is 13.2. The summed E-state index contributed by atoms with van der Waals surface area (Å²) in [5.74, 6) is 2.06. The molecule has 3 heterocycles. The predicted molar refractivity (Wildman–Crippen MR) is 127 cm³/mol. The molecule has 4 atom stereocenters. The van der Waals surface area contributed by atoms with Gasteiger partial charge in [0.05, 0.1) is 5.56 Å². The van der Waals surface area contributed by atoms with Crippen LogP contribution in [0.25, 0.3) is 0 Å². The van der Waals surface area contributed by atoms with Crippen LogP contribution in [0.3, 0.4) is 0 Å². The van der Waals surface area contributed by atoms with Crippen molar-refractivity contribution in [2.24, 2.45) is 17.8 Å². The van der Waals surface area contributed by atoms with Gasteiger partial charge in [0.25, 0.3) is 0 Å². The Morgan fingerprint density at radius 2 is 1.68 bits per heavy atom. The summed E-state index contributed by atoms with van der Waals surface area (Å²) >= 11 is 1.79. The van der Waals surface area contributed by atoms with Gasteiger partial charge in [-0.05, 0) is 83.9 Å². The topological polar surface area (TPSA) is 23.6 Å². The monoisotopic (exact) mass is 488 g/mol. The summed E-state index contributed by atoms with van der Waals surface area (Å²) in [6.07, 6.45) is 1.45. The minimum absolute atomic E-state index is 0.000231. The number of carbonyl (C=O) groups excluding carboxylic acids is 1. The second-order valence-corrected chi connectivity index (χ2v) is 11.5. The summed E-state index contributed by atoms with van der Waals surface area (Å²) in [5.41, 5.74) is 1.61. The minimum Gasteiger partial charge on any atom is -0.342 e. The highest BCUT2D eigenvalue weighted by Crippen LogP contribution is 2.54. The van der Waals surface area contributed by atoms with E-state index in [0.29, 0.717) is 42.4 Å². The summed E-state index contributed by atoms with van der Waals surface area (Å²) in [6.45, 7) is 3.29. The van der Waals surface area contributed by atoms with Crippen LogP contribution in [0.2, 0.25) is 0 Å². The highest BCUT2D eigenvalue weighted by atomic mass is 32.1. The van der Waals surface area contributed by atoms with Crippen molar-refractivity contribution >= 4 is 17.2 Å². The number of benzene rings is 1. The molecule has 2 saturated carbocycles. The first-order chi connectivity index (χ1) is 16.4. The second kappa shape index (κ2) is 8.66. The van der Waals surface area contributed by atoms with Gasteiger partial charge >= 0.3 is 6.18 Å². The summed E-state index contributed by atoms with van der Waals surface area (Å²) < 4.78 is 39.3. The zero-order chi connectivity index (χ0) is 23.4. The Kier molecular flexibility index (Phi) is 5.76. The lowest BCUT2D eigenvalue weighted by Crippen LogP contribution is -2.40. The Bertz CT molecular complexity index is 1020. The SMILES string of the molecule is O=C(C1[C@H]2CN(C3CCC(c4ccsc4)CC3)C[C@@H]12)N1CCC(c2cccc(C(F)(F)F)c2)C1. The fraction of sp³-hybridized carbons (Fsp3) is 0.593. The van der Waals surface area contributed by atoms with Crippen molar-refractivity contribution in [2.45, 2.75) is 56.2 Å². The van der Waals surface area contributed by atoms with Crippen LogP contribution in [0.1, 0.15) is 60.6 Å². The maximum absolute atomic E-state index is 13.2. The van der Waals surface area contributed by atoms with Gasteiger partial charge in [-0.15, -0.1) is 0 Å². The molecule has 0 spiro atoms. The first-order valence-corrected chi connectivity index (χ1v) is 13.5. The molecule has 2 unspecified atom stereocenters. The Morgan fingerprint density at radius 1 is 0.912 bits per heavy atom. The normalized spacial score (nSPS) is 33.8. The molecule has 7 heteroatoms. The quantitative estimate of drug-likeness (QED) is 0.528. The van der Waals surface area contributed by atoms with E-state index in [2.05, 4.69) is 21.7 Å². The maximum Gasteiger partial charge on any atom is 0.416 e. The fourth-order valence-corrected chi connectivity index (χ4v) is 7.66. The Hall–Kier alpha value is -1.86. The van der Waals surface area contributed by atoms with Crippen LogP contribution in [0.15, 0.2) is 41.1 Å². The van der Waals surface area contributed by atoms with Crippen LogP contribution in [0.4, 0.5) is 13.2 Å². The summed E-state index contributed by atoms with van der Waals surface area (Å²) in [4.78, 5) is 17.8. The number of likely N-dealkylation sites (tertiary alicyclic amines) is 2. The highest BCUT2D eigenvalue weighted by molar-refractivity contribution is 7.08. The van der Waals surface area contributed by atoms with Crippen molar-refractivity contribution < 1.29 is 18.0 Å². The van der Waals surface area contributed by atoms with Gasteiger partial charge in [0.15, 0.2) is 0 Å². The van der Waals surface area contributed by atoms with Gasteiger partial charge in [-0.3, -0.25) is 9.69 Å². The molecular formula is C27H31F3N2OS. The van der Waals surface area contributed by atoms with E-state index in [1.165, 1.54) is 43.4 Å². The molecule has 2 aliphatic heterocycles. The number of rotatable bonds is 4. The van der Waals surface area contributed by atoms with Crippen molar-refractivity contribution in [3.8, 4) is 0 Å². The summed E-state index contributed by atoms with van der Waals surface area (Å²) in [7, 11) is 0. The molecule has 1 amide bonds. The zero-order valence-corrected chi connectivity index (χ0v) is 20.0. The standard InChI is InChI=1S/C27H31F3N2OS/c28-27(29,30)21-3-1-2-18(12-21)19-8-10-31(13-19)26(33)25-23-14-32(15-24(23)25)22-6-4-17(5-7-22)20-9-11-34-16-20/h1-3,9,11-12,16-17,19,22-25H,4-8,10,13-15H2/t17?,19?,22?,23-,24+,25?. The van der Waals surface area contributed by atoms with Crippen molar-refractivity contribution in [1.29, 1.82) is 0 Å². The number of amides is 1. The molecule has 2 aliphatic carbocycles. The number of halogens is 3. The number of carbonyl (C=O) groups is 1. The van der Waals surface area contributed by atoms with Gasteiger partial charge in [0, 0.05) is 44.1 Å². The Labute approximate surface area is 202 Å². The number of nitrogens with zero attached hydrogens (tertiary/aromatic N) is 2. The van der Waals surface area contributed by atoms with Gasteiger partial charge in [0.1, 0.15) is 0 Å². The zero-order valence-electron chi connectivity index (χ0n) is 19.2. The fourth-order valence-electron chi connectivity index (χ4n) is 6.92. The molecule has 182 valence electrons. The van der Waals surface area contributed by atoms with Crippen LogP contribution in [0, 0.1) is 17.8 Å². The molecule has 0 N–H and O–H groups in total. The van der Waals surface area contributed by atoms with Gasteiger partial charge in [0.2, 0.25) is 5.91 Å². The van der Waals surface area contributed by atoms with Crippen molar-refractivity contribution in [2.75, 3.05) is 26.2 Å². The second-order valence-electron chi connectivity index (χ2n) is 10.8. The highest BCUT2D eigenvalue weighted by Gasteiger charge is 2.61. The predicted octanol–water partition coefficient (Wildman–Crippen LogP) is 5.99. The molecule has 1 aromatic heterocycles. The number of alkyl halides is 3. The Balaban J connectivity index is 0.999. The average Bonchev–Trinajstić information content (AvgIpc) is 3.37. The van der Waals surface area contributed by atoms with E-state index in [1.54, 1.807) is 17.4 Å². The lowest BCUT2D eigenvalue weighted by Gasteiger charge is -2.36. The molecule has 6 rings (SSSR count). The van der Waals surface area contributed by atoms with Crippen molar-refractivity contribution in [3.63, 3.8) is 0 Å². The third-order valence-corrected chi connectivity index (χ3v) is 9.62. The lowest BCUT2D eigenvalue weighted by molar-refractivity contribution is -0.137. The van der Waals surface area contributed by atoms with Crippen LogP contribution in [-0.2, 0) is 11.0 Å². The van der Waals surface area contributed by atoms with E-state index in [9.17, 15) is 18.0 Å². The summed E-state index contributed by atoms with van der Waals surface area (Å²) in [6, 6.07) is 8.56. The van der Waals surface area contributed by atoms with Gasteiger partial charge < -0.3 is 4.90 Å². The van der Waals surface area contributed by atoms with E-state index in [0.717, 1.165) is 25.6 Å². The molecule has 4 fully saturated rings. The van der Waals surface area contributed by atoms with Gasteiger partial charge in [-0.25, -0.2) is 0 Å². The molecule has 34 heavy (non-hydrogen) atoms. The Morgan fingerprint density at radius 3 is 2.35 bits per heavy atom. The third-order valence-electron chi connectivity index (χ3n) is 8.92. The van der Waals surface area contributed by atoms with E-state index >= 15 is 0 Å². The number of fused-ring (bicyclic) bond motifs is 1. The smallest absolute Gasteiger partial charge is 0.342 e. The van der Waals surface area contributed by atoms with Crippen LogP contribution in [-0.4, -0.2) is 47.9 Å². The molecular weight excluding hydrogens is 457 g/mol. The van der Waals surface area contributed by atoms with E-state index < -0.39 is 11.7 Å². The van der Waals surface area contributed by atoms with Crippen LogP contribution < -0.4 is 0 Å². The van der Waals surface area contributed by atoms with E-state index in [-0.39, 0.29) is 17.7 Å². The van der Waals surface area contributed by atoms with Gasteiger partial charge in [-0.1, -0.05) is 18.2 Å². The minimum atomic E-state index is -4.33. The first kappa shape index (κ1) is 22.6.